The molecule has 0 bridgehead atoms. The van der Waals surface area contributed by atoms with Gasteiger partial charge >= 0.3 is 6.09 Å². The molecule has 138 valence electrons. The molecule has 1 rings (SSSR count). The molecule has 0 heterocycles. The van der Waals surface area contributed by atoms with Crippen molar-refractivity contribution >= 4 is 25.1 Å². The molecule has 0 aliphatic rings. The summed E-state index contributed by atoms with van der Waals surface area (Å²) in [6.07, 6.45) is -0.577. The molecule has 0 aliphatic heterocycles. The van der Waals surface area contributed by atoms with Crippen LogP contribution < -0.4 is 10.5 Å². The number of carbonyl (C=O) groups is 2. The summed E-state index contributed by atoms with van der Waals surface area (Å²) in [5.41, 5.74) is -0.607. The zero-order valence-corrected chi connectivity index (χ0v) is 17.5. The lowest BCUT2D eigenvalue weighted by Crippen LogP contribution is -2.52. The number of Topliss-reactive ketones (excluding diaryl/α,β-unsaturated/α-hetero) is 1. The minimum atomic E-state index is -1.99. The van der Waals surface area contributed by atoms with Gasteiger partial charge in [-0.2, -0.15) is 0 Å². The molecule has 0 aromatic heterocycles. The summed E-state index contributed by atoms with van der Waals surface area (Å²) in [5, 5.41) is 5.01. The molecule has 0 aliphatic carbocycles. The fraction of sp³-hybridized carbons (Fsp3) is 0.500. The fourth-order valence-electron chi connectivity index (χ4n) is 2.82. The second-order valence-electron chi connectivity index (χ2n) is 8.04. The van der Waals surface area contributed by atoms with Crippen LogP contribution in [0.5, 0.6) is 0 Å². The zero-order chi connectivity index (χ0) is 19.4. The van der Waals surface area contributed by atoms with Gasteiger partial charge in [-0.15, -0.1) is 6.58 Å². The molecule has 4 nitrogen and oxygen atoms in total. The molecule has 1 aromatic carbocycles. The first kappa shape index (κ1) is 21.2. The number of amides is 1. The third-order valence-electron chi connectivity index (χ3n) is 4.46. The number of carbonyl (C=O) groups excluding carboxylic acids is 2. The summed E-state index contributed by atoms with van der Waals surface area (Å²) >= 11 is 0. The molecule has 1 N–H and O–H groups in total. The van der Waals surface area contributed by atoms with Gasteiger partial charge in [0.1, 0.15) is 13.7 Å². The number of hydrogen-bond donors (Lipinski definition) is 1. The van der Waals surface area contributed by atoms with Gasteiger partial charge in [0.2, 0.25) is 0 Å². The molecular weight excluding hydrogens is 330 g/mol. The molecular formula is C20H31NO3Si. The maximum absolute atomic E-state index is 12.2. The minimum Gasteiger partial charge on any atom is -0.444 e. The number of nitrogens with one attached hydrogen (secondary N) is 1. The van der Waals surface area contributed by atoms with Crippen molar-refractivity contribution in [3.63, 3.8) is 0 Å². The van der Waals surface area contributed by atoms with Gasteiger partial charge in [0.25, 0.3) is 0 Å². The highest BCUT2D eigenvalue weighted by atomic mass is 28.3. The van der Waals surface area contributed by atoms with Crippen LogP contribution in [0.25, 0.3) is 0 Å². The van der Waals surface area contributed by atoms with E-state index in [2.05, 4.69) is 37.1 Å². The summed E-state index contributed by atoms with van der Waals surface area (Å²) < 4.78 is 5.30. The maximum Gasteiger partial charge on any atom is 0.408 e. The van der Waals surface area contributed by atoms with E-state index in [9.17, 15) is 9.59 Å². The normalized spacial score (nSPS) is 14.4. The number of ether oxygens (including phenoxy) is 1. The first-order valence-electron chi connectivity index (χ1n) is 8.61. The maximum atomic E-state index is 12.2. The number of alkyl carbamates (subject to hydrolysis) is 1. The van der Waals surface area contributed by atoms with Crippen LogP contribution >= 0.6 is 0 Å². The topological polar surface area (TPSA) is 55.4 Å². The number of hydrogen-bond acceptors (Lipinski definition) is 3. The van der Waals surface area contributed by atoms with Crippen LogP contribution in [0.15, 0.2) is 42.1 Å². The van der Waals surface area contributed by atoms with Gasteiger partial charge in [0, 0.05) is 5.92 Å². The quantitative estimate of drug-likeness (QED) is 0.784. The van der Waals surface area contributed by atoms with Crippen LogP contribution in [0.2, 0.25) is 13.1 Å². The summed E-state index contributed by atoms with van der Waals surface area (Å²) in [6.45, 7) is 17.6. The SMILES string of the molecule is C=C([C@H](C)[C@H](NC(=O)OC(C)(C)C)C(C)=O)[Si](C)(C)c1ccccc1. The molecule has 0 fully saturated rings. The van der Waals surface area contributed by atoms with E-state index in [1.54, 1.807) is 20.8 Å². The Morgan fingerprint density at radius 1 is 1.16 bits per heavy atom. The molecule has 0 radical (unpaired) electrons. The van der Waals surface area contributed by atoms with E-state index in [1.165, 1.54) is 12.1 Å². The summed E-state index contributed by atoms with van der Waals surface area (Å²) in [7, 11) is -1.99. The van der Waals surface area contributed by atoms with Crippen molar-refractivity contribution in [1.82, 2.24) is 5.32 Å². The van der Waals surface area contributed by atoms with Crippen molar-refractivity contribution in [2.45, 2.75) is 59.4 Å². The first-order chi connectivity index (χ1) is 11.4. The molecule has 5 heteroatoms. The van der Waals surface area contributed by atoms with E-state index >= 15 is 0 Å². The van der Waals surface area contributed by atoms with Gasteiger partial charge in [0.15, 0.2) is 5.78 Å². The van der Waals surface area contributed by atoms with Crippen molar-refractivity contribution in [1.29, 1.82) is 0 Å². The Balaban J connectivity index is 2.99. The van der Waals surface area contributed by atoms with Crippen LogP contribution in [0, 0.1) is 5.92 Å². The first-order valence-corrected chi connectivity index (χ1v) is 11.6. The average molecular weight is 362 g/mol. The lowest BCUT2D eigenvalue weighted by Gasteiger charge is -2.34. The molecule has 0 spiro atoms. The molecule has 1 aromatic rings. The predicted octanol–water partition coefficient (Wildman–Crippen LogP) is 3.82. The van der Waals surface area contributed by atoms with Crippen molar-refractivity contribution in [2.75, 3.05) is 0 Å². The Morgan fingerprint density at radius 3 is 2.12 bits per heavy atom. The molecule has 1 amide bonds. The standard InChI is InChI=1S/C20H31NO3Si/c1-14(16(3)25(7,8)17-12-10-9-11-13-17)18(15(2)22)21-19(23)24-20(4,5)6/h9-14,18H,3H2,1-2,4-8H3,(H,21,23)/t14-,18-/m0/s1. The summed E-state index contributed by atoms with van der Waals surface area (Å²) in [5.74, 6) is -0.274. The van der Waals surface area contributed by atoms with Gasteiger partial charge in [-0.3, -0.25) is 4.79 Å². The van der Waals surface area contributed by atoms with Gasteiger partial charge in [-0.25, -0.2) is 4.79 Å². The number of rotatable bonds is 6. The van der Waals surface area contributed by atoms with E-state index in [4.69, 9.17) is 4.74 Å². The highest BCUT2D eigenvalue weighted by molar-refractivity contribution is 6.95. The molecule has 2 atom stereocenters. The zero-order valence-electron chi connectivity index (χ0n) is 16.5. The van der Waals surface area contributed by atoms with E-state index in [1.807, 2.05) is 25.1 Å². The smallest absolute Gasteiger partial charge is 0.408 e. The third-order valence-corrected chi connectivity index (χ3v) is 8.30. The minimum absolute atomic E-state index is 0.0997. The summed E-state index contributed by atoms with van der Waals surface area (Å²) in [4.78, 5) is 24.3. The molecule has 0 saturated heterocycles. The van der Waals surface area contributed by atoms with Crippen LogP contribution in [-0.4, -0.2) is 31.6 Å². The largest absolute Gasteiger partial charge is 0.444 e. The van der Waals surface area contributed by atoms with Crippen molar-refractivity contribution in [3.05, 3.63) is 42.1 Å². The summed E-state index contributed by atoms with van der Waals surface area (Å²) in [6, 6.07) is 9.59. The lowest BCUT2D eigenvalue weighted by atomic mass is 9.98. The predicted molar refractivity (Wildman–Crippen MR) is 106 cm³/mol. The van der Waals surface area contributed by atoms with Crippen LogP contribution in [0.1, 0.15) is 34.6 Å². The van der Waals surface area contributed by atoms with Crippen molar-refractivity contribution < 1.29 is 14.3 Å². The monoisotopic (exact) mass is 361 g/mol. The van der Waals surface area contributed by atoms with Crippen molar-refractivity contribution in [3.8, 4) is 0 Å². The van der Waals surface area contributed by atoms with Crippen molar-refractivity contribution in [2.24, 2.45) is 5.92 Å². The van der Waals surface area contributed by atoms with Gasteiger partial charge in [-0.1, -0.05) is 60.7 Å². The lowest BCUT2D eigenvalue weighted by molar-refractivity contribution is -0.119. The average Bonchev–Trinajstić information content (AvgIpc) is 2.50. The third kappa shape index (κ3) is 5.85. The van der Waals surface area contributed by atoms with E-state index in [0.717, 1.165) is 5.20 Å². The highest BCUT2D eigenvalue weighted by Gasteiger charge is 2.36. The second kappa shape index (κ2) is 8.00. The van der Waals surface area contributed by atoms with Gasteiger partial charge in [0.05, 0.1) is 6.04 Å². The Kier molecular flexibility index (Phi) is 6.77. The molecule has 0 saturated carbocycles. The van der Waals surface area contributed by atoms with E-state index in [0.29, 0.717) is 0 Å². The second-order valence-corrected chi connectivity index (χ2v) is 12.5. The van der Waals surface area contributed by atoms with Crippen LogP contribution in [-0.2, 0) is 9.53 Å². The Morgan fingerprint density at radius 2 is 1.68 bits per heavy atom. The molecule has 25 heavy (non-hydrogen) atoms. The van der Waals surface area contributed by atoms with Gasteiger partial charge in [-0.05, 0) is 27.7 Å². The van der Waals surface area contributed by atoms with E-state index < -0.39 is 25.8 Å². The van der Waals surface area contributed by atoms with E-state index in [-0.39, 0.29) is 11.7 Å². The Hall–Kier alpha value is -1.88. The fourth-order valence-corrected chi connectivity index (χ4v) is 5.53. The number of benzene rings is 1. The Labute approximate surface area is 152 Å². The van der Waals surface area contributed by atoms with Crippen LogP contribution in [0.4, 0.5) is 4.79 Å². The molecule has 0 unspecified atom stereocenters. The Bertz CT molecular complexity index is 632. The number of ketones is 1. The van der Waals surface area contributed by atoms with Gasteiger partial charge < -0.3 is 10.1 Å². The van der Waals surface area contributed by atoms with Crippen LogP contribution in [0.3, 0.4) is 0 Å². The highest BCUT2D eigenvalue weighted by Crippen LogP contribution is 2.25.